The van der Waals surface area contributed by atoms with Crippen molar-refractivity contribution in [2.45, 2.75) is 18.0 Å². The van der Waals surface area contributed by atoms with Crippen molar-refractivity contribution in [2.75, 3.05) is 5.75 Å². The maximum Gasteiger partial charge on any atom is 0.259 e. The molecule has 0 atom stereocenters. The number of aromatic nitrogens is 1. The third-order valence-corrected chi connectivity index (χ3v) is 4.90. The number of fused-ring (bicyclic) bond motifs is 2. The average molecular weight is 249 g/mol. The normalized spacial score (nSPS) is 17.9. The molecule has 4 nitrogen and oxygen atoms in total. The molecule has 88 valence electrons. The van der Waals surface area contributed by atoms with Gasteiger partial charge in [-0.25, -0.2) is 8.42 Å². The summed E-state index contributed by atoms with van der Waals surface area (Å²) in [6, 6.07) is 8.68. The lowest BCUT2D eigenvalue weighted by Crippen LogP contribution is -2.31. The summed E-state index contributed by atoms with van der Waals surface area (Å²) < 4.78 is 25.2. The fourth-order valence-electron chi connectivity index (χ4n) is 2.26. The van der Waals surface area contributed by atoms with E-state index in [0.29, 0.717) is 23.7 Å². The van der Waals surface area contributed by atoms with Crippen LogP contribution >= 0.6 is 0 Å². The summed E-state index contributed by atoms with van der Waals surface area (Å²) in [7, 11) is -3.29. The first-order chi connectivity index (χ1) is 8.09. The molecule has 0 fully saturated rings. The highest BCUT2D eigenvalue weighted by atomic mass is 32.2. The Kier molecular flexibility index (Phi) is 2.13. The number of hydrogen-bond acceptors (Lipinski definition) is 3. The Morgan fingerprint density at radius 2 is 1.94 bits per heavy atom. The molecule has 0 unspecified atom stereocenters. The van der Waals surface area contributed by atoms with Crippen LogP contribution in [0.5, 0.6) is 0 Å². The molecule has 2 heterocycles. The van der Waals surface area contributed by atoms with Crippen LogP contribution in [0.4, 0.5) is 0 Å². The number of nitrogens with zero attached hydrogens (tertiary/aromatic N) is 1. The van der Waals surface area contributed by atoms with Gasteiger partial charge in [-0.3, -0.25) is 9.36 Å². The van der Waals surface area contributed by atoms with Gasteiger partial charge in [-0.1, -0.05) is 18.2 Å². The number of sulfone groups is 1. The third kappa shape index (κ3) is 1.50. The number of hydrogen-bond donors (Lipinski definition) is 0. The van der Waals surface area contributed by atoms with Gasteiger partial charge in [-0.05, 0) is 23.9 Å². The van der Waals surface area contributed by atoms with Crippen LogP contribution in [0.15, 0.2) is 40.2 Å². The Hall–Kier alpha value is -1.62. The highest BCUT2D eigenvalue weighted by molar-refractivity contribution is 7.91. The average Bonchev–Trinajstić information content (AvgIpc) is 2.31. The van der Waals surface area contributed by atoms with Crippen molar-refractivity contribution in [3.05, 3.63) is 40.7 Å². The van der Waals surface area contributed by atoms with Gasteiger partial charge in [0.1, 0.15) is 5.03 Å². The zero-order valence-corrected chi connectivity index (χ0v) is 9.90. The first-order valence-electron chi connectivity index (χ1n) is 5.45. The number of pyridine rings is 1. The van der Waals surface area contributed by atoms with Crippen LogP contribution < -0.4 is 5.56 Å². The lowest BCUT2D eigenvalue weighted by molar-refractivity contribution is 0.527. The van der Waals surface area contributed by atoms with E-state index in [2.05, 4.69) is 0 Å². The molecule has 0 bridgehead atoms. The van der Waals surface area contributed by atoms with Crippen molar-refractivity contribution in [1.29, 1.82) is 0 Å². The highest BCUT2D eigenvalue weighted by Gasteiger charge is 2.25. The lowest BCUT2D eigenvalue weighted by atomic mass is 10.2. The van der Waals surface area contributed by atoms with Gasteiger partial charge < -0.3 is 0 Å². The maximum absolute atomic E-state index is 12.2. The summed E-state index contributed by atoms with van der Waals surface area (Å²) in [5.74, 6) is 0.130. The zero-order valence-electron chi connectivity index (χ0n) is 9.09. The molecule has 1 aromatic heterocycles. The minimum atomic E-state index is -3.29. The van der Waals surface area contributed by atoms with Crippen molar-refractivity contribution in [2.24, 2.45) is 0 Å². The Morgan fingerprint density at radius 3 is 2.76 bits per heavy atom. The molecule has 0 aliphatic carbocycles. The second-order valence-corrected chi connectivity index (χ2v) is 6.26. The molecule has 1 aliphatic rings. The second kappa shape index (κ2) is 3.43. The van der Waals surface area contributed by atoms with E-state index in [1.165, 1.54) is 4.57 Å². The van der Waals surface area contributed by atoms with Gasteiger partial charge in [-0.2, -0.15) is 0 Å². The van der Waals surface area contributed by atoms with Crippen LogP contribution in [0.2, 0.25) is 0 Å². The van der Waals surface area contributed by atoms with Gasteiger partial charge in [0, 0.05) is 11.9 Å². The van der Waals surface area contributed by atoms with E-state index < -0.39 is 9.84 Å². The summed E-state index contributed by atoms with van der Waals surface area (Å²) in [5.41, 5.74) is -0.207. The van der Waals surface area contributed by atoms with Gasteiger partial charge in [0.15, 0.2) is 9.84 Å². The van der Waals surface area contributed by atoms with Crippen LogP contribution in [0, 0.1) is 0 Å². The minimum Gasteiger partial charge on any atom is -0.299 e. The quantitative estimate of drug-likeness (QED) is 0.704. The van der Waals surface area contributed by atoms with E-state index >= 15 is 0 Å². The summed E-state index contributed by atoms with van der Waals surface area (Å²) in [6.07, 6.45) is 0.508. The highest BCUT2D eigenvalue weighted by Crippen LogP contribution is 2.21. The maximum atomic E-state index is 12.2. The van der Waals surface area contributed by atoms with Crippen LogP contribution in [0.3, 0.4) is 0 Å². The van der Waals surface area contributed by atoms with Gasteiger partial charge in [-0.15, -0.1) is 0 Å². The smallest absolute Gasteiger partial charge is 0.259 e. The van der Waals surface area contributed by atoms with Gasteiger partial charge in [0.05, 0.1) is 5.75 Å². The second-order valence-electron chi connectivity index (χ2n) is 4.20. The Balaban J connectivity index is 2.51. The number of rotatable bonds is 0. The minimum absolute atomic E-state index is 0.130. The van der Waals surface area contributed by atoms with Crippen molar-refractivity contribution in [1.82, 2.24) is 4.57 Å². The molecule has 0 amide bonds. The predicted octanol–water partition coefficient (Wildman–Crippen LogP) is 1.18. The SMILES string of the molecule is O=c1c2ccccc2cc2n1CCCS2(=O)=O. The van der Waals surface area contributed by atoms with Crippen LogP contribution in [0.25, 0.3) is 10.8 Å². The van der Waals surface area contributed by atoms with E-state index in [1.807, 2.05) is 0 Å². The fraction of sp³-hybridized carbons (Fsp3) is 0.250. The molecule has 1 aromatic carbocycles. The molecule has 2 aromatic rings. The fourth-order valence-corrected chi connectivity index (χ4v) is 3.80. The van der Waals surface area contributed by atoms with Gasteiger partial charge >= 0.3 is 0 Å². The summed E-state index contributed by atoms with van der Waals surface area (Å²) >= 11 is 0. The topological polar surface area (TPSA) is 56.1 Å². The standard InChI is InChI=1S/C12H11NO3S/c14-12-10-5-2-1-4-9(10)8-11-13(12)6-3-7-17(11,15)16/h1-2,4-5,8H,3,6-7H2. The van der Waals surface area contributed by atoms with Crippen LogP contribution in [0.1, 0.15) is 6.42 Å². The summed E-state index contributed by atoms with van der Waals surface area (Å²) in [5, 5.41) is 1.43. The Bertz CT molecular complexity index is 759. The Labute approximate surface area is 98.4 Å². The predicted molar refractivity (Wildman–Crippen MR) is 64.9 cm³/mol. The zero-order chi connectivity index (χ0) is 12.0. The van der Waals surface area contributed by atoms with Gasteiger partial charge in [0.2, 0.25) is 0 Å². The van der Waals surface area contributed by atoms with E-state index in [4.69, 9.17) is 0 Å². The van der Waals surface area contributed by atoms with Crippen molar-refractivity contribution in [3.63, 3.8) is 0 Å². The molecule has 5 heteroatoms. The van der Waals surface area contributed by atoms with E-state index in [0.717, 1.165) is 0 Å². The van der Waals surface area contributed by atoms with Crippen molar-refractivity contribution >= 4 is 20.6 Å². The van der Waals surface area contributed by atoms with E-state index in [1.54, 1.807) is 30.3 Å². The first-order valence-corrected chi connectivity index (χ1v) is 7.10. The molecular formula is C12H11NO3S. The lowest BCUT2D eigenvalue weighted by Gasteiger charge is -2.19. The molecule has 1 aliphatic heterocycles. The molecule has 0 saturated heterocycles. The van der Waals surface area contributed by atoms with E-state index in [-0.39, 0.29) is 16.3 Å². The summed E-state index contributed by atoms with van der Waals surface area (Å²) in [6.45, 7) is 0.484. The largest absolute Gasteiger partial charge is 0.299 e. The molecule has 17 heavy (non-hydrogen) atoms. The van der Waals surface area contributed by atoms with Crippen molar-refractivity contribution < 1.29 is 8.42 Å². The molecule has 0 radical (unpaired) electrons. The van der Waals surface area contributed by atoms with E-state index in [9.17, 15) is 13.2 Å². The monoisotopic (exact) mass is 249 g/mol. The third-order valence-electron chi connectivity index (χ3n) is 3.09. The van der Waals surface area contributed by atoms with Crippen LogP contribution in [-0.2, 0) is 16.4 Å². The number of benzene rings is 1. The molecule has 0 saturated carbocycles. The molecule has 0 spiro atoms. The molecule has 0 N–H and O–H groups in total. The Morgan fingerprint density at radius 1 is 1.18 bits per heavy atom. The van der Waals surface area contributed by atoms with Gasteiger partial charge in [0.25, 0.3) is 5.56 Å². The van der Waals surface area contributed by atoms with Crippen molar-refractivity contribution in [3.8, 4) is 0 Å². The summed E-state index contributed by atoms with van der Waals surface area (Å²) in [4.78, 5) is 12.2. The van der Waals surface area contributed by atoms with Crippen LogP contribution in [-0.4, -0.2) is 18.7 Å². The first kappa shape index (κ1) is 10.5. The molecular weight excluding hydrogens is 238 g/mol. The molecule has 3 rings (SSSR count).